The zero-order valence-corrected chi connectivity index (χ0v) is 13.6. The standard InChI is InChI=1S/C19H23FO2/c1-13(9-15-5-7-17(20)8-6-15)14(2)16-10-18(21-3)12-19(11-16)22-4/h5-8,10-14H,9H2,1-4H3/t13-,14-/m1/s1. The molecule has 2 aromatic carbocycles. The Labute approximate surface area is 131 Å². The van der Waals surface area contributed by atoms with Crippen molar-refractivity contribution in [2.45, 2.75) is 26.2 Å². The molecule has 118 valence electrons. The molecule has 2 atom stereocenters. The molecule has 0 saturated carbocycles. The Morgan fingerprint density at radius 2 is 1.45 bits per heavy atom. The number of ether oxygens (including phenoxy) is 2. The third-order valence-corrected chi connectivity index (χ3v) is 4.22. The first kappa shape index (κ1) is 16.3. The molecule has 0 bridgehead atoms. The summed E-state index contributed by atoms with van der Waals surface area (Å²) in [6, 6.07) is 12.7. The van der Waals surface area contributed by atoms with Crippen LogP contribution in [0.2, 0.25) is 0 Å². The van der Waals surface area contributed by atoms with Gasteiger partial charge in [0.25, 0.3) is 0 Å². The van der Waals surface area contributed by atoms with Crippen LogP contribution in [0.1, 0.15) is 30.9 Å². The molecular weight excluding hydrogens is 279 g/mol. The molecule has 0 radical (unpaired) electrons. The minimum absolute atomic E-state index is 0.193. The summed E-state index contributed by atoms with van der Waals surface area (Å²) >= 11 is 0. The van der Waals surface area contributed by atoms with Crippen molar-refractivity contribution in [3.05, 3.63) is 59.4 Å². The van der Waals surface area contributed by atoms with E-state index in [1.807, 2.05) is 30.3 Å². The molecule has 0 spiro atoms. The highest BCUT2D eigenvalue weighted by Crippen LogP contribution is 2.32. The maximum absolute atomic E-state index is 13.0. The first-order valence-electron chi connectivity index (χ1n) is 7.51. The van der Waals surface area contributed by atoms with E-state index in [9.17, 15) is 4.39 Å². The zero-order valence-electron chi connectivity index (χ0n) is 13.6. The highest BCUT2D eigenvalue weighted by Gasteiger charge is 2.17. The minimum atomic E-state index is -0.193. The normalized spacial score (nSPS) is 13.5. The average Bonchev–Trinajstić information content (AvgIpc) is 2.55. The van der Waals surface area contributed by atoms with E-state index in [1.54, 1.807) is 14.2 Å². The van der Waals surface area contributed by atoms with Crippen LogP contribution >= 0.6 is 0 Å². The molecule has 0 fully saturated rings. The fraction of sp³-hybridized carbons (Fsp3) is 0.368. The van der Waals surface area contributed by atoms with E-state index in [4.69, 9.17) is 9.47 Å². The SMILES string of the molecule is COc1cc(OC)cc([C@H](C)[C@H](C)Cc2ccc(F)cc2)c1. The van der Waals surface area contributed by atoms with Crippen LogP contribution < -0.4 is 9.47 Å². The van der Waals surface area contributed by atoms with Crippen LogP contribution in [0.25, 0.3) is 0 Å². The number of benzene rings is 2. The van der Waals surface area contributed by atoms with E-state index in [2.05, 4.69) is 13.8 Å². The largest absolute Gasteiger partial charge is 0.497 e. The molecule has 0 unspecified atom stereocenters. The summed E-state index contributed by atoms with van der Waals surface area (Å²) < 4.78 is 23.7. The van der Waals surface area contributed by atoms with Crippen molar-refractivity contribution >= 4 is 0 Å². The van der Waals surface area contributed by atoms with Gasteiger partial charge in [-0.1, -0.05) is 26.0 Å². The summed E-state index contributed by atoms with van der Waals surface area (Å²) in [6.07, 6.45) is 0.904. The Kier molecular flexibility index (Phi) is 5.42. The monoisotopic (exact) mass is 302 g/mol. The van der Waals surface area contributed by atoms with E-state index >= 15 is 0 Å². The summed E-state index contributed by atoms with van der Waals surface area (Å²) in [7, 11) is 3.32. The molecular formula is C19H23FO2. The van der Waals surface area contributed by atoms with Gasteiger partial charge in [0.15, 0.2) is 0 Å². The molecule has 0 aliphatic heterocycles. The zero-order chi connectivity index (χ0) is 16.1. The molecule has 2 aromatic rings. The number of rotatable bonds is 6. The third kappa shape index (κ3) is 4.00. The van der Waals surface area contributed by atoms with Crippen molar-refractivity contribution in [3.63, 3.8) is 0 Å². The summed E-state index contributed by atoms with van der Waals surface area (Å²) in [5, 5.41) is 0. The van der Waals surface area contributed by atoms with Crippen LogP contribution in [0.15, 0.2) is 42.5 Å². The minimum Gasteiger partial charge on any atom is -0.497 e. The summed E-state index contributed by atoms with van der Waals surface area (Å²) in [4.78, 5) is 0. The van der Waals surface area contributed by atoms with Crippen molar-refractivity contribution in [2.75, 3.05) is 14.2 Å². The number of halogens is 1. The van der Waals surface area contributed by atoms with Crippen LogP contribution in [0.3, 0.4) is 0 Å². The smallest absolute Gasteiger partial charge is 0.123 e. The first-order chi connectivity index (χ1) is 10.5. The summed E-state index contributed by atoms with van der Waals surface area (Å²) in [6.45, 7) is 4.41. The van der Waals surface area contributed by atoms with E-state index in [1.165, 1.54) is 17.7 Å². The van der Waals surface area contributed by atoms with E-state index < -0.39 is 0 Å². The van der Waals surface area contributed by atoms with Crippen molar-refractivity contribution in [2.24, 2.45) is 5.92 Å². The lowest BCUT2D eigenvalue weighted by atomic mass is 9.84. The van der Waals surface area contributed by atoms with Gasteiger partial charge in [-0.05, 0) is 53.6 Å². The molecule has 0 aliphatic rings. The Morgan fingerprint density at radius 3 is 1.95 bits per heavy atom. The van der Waals surface area contributed by atoms with Gasteiger partial charge in [0.05, 0.1) is 14.2 Å². The van der Waals surface area contributed by atoms with Crippen molar-refractivity contribution < 1.29 is 13.9 Å². The Balaban J connectivity index is 2.15. The average molecular weight is 302 g/mol. The summed E-state index contributed by atoms with van der Waals surface area (Å²) in [5.74, 6) is 2.17. The second kappa shape index (κ2) is 7.30. The van der Waals surface area contributed by atoms with E-state index in [-0.39, 0.29) is 5.82 Å². The van der Waals surface area contributed by atoms with Crippen molar-refractivity contribution in [1.29, 1.82) is 0 Å². The van der Waals surface area contributed by atoms with Crippen LogP contribution in [0.5, 0.6) is 11.5 Å². The quantitative estimate of drug-likeness (QED) is 0.761. The summed E-state index contributed by atoms with van der Waals surface area (Å²) in [5.41, 5.74) is 2.33. The molecule has 0 aliphatic carbocycles. The van der Waals surface area contributed by atoms with Crippen LogP contribution in [0.4, 0.5) is 4.39 Å². The predicted molar refractivity (Wildman–Crippen MR) is 87.2 cm³/mol. The van der Waals surface area contributed by atoms with Crippen LogP contribution in [-0.2, 0) is 6.42 Å². The Bertz CT molecular complexity index is 585. The van der Waals surface area contributed by atoms with Gasteiger partial charge in [-0.15, -0.1) is 0 Å². The molecule has 0 amide bonds. The van der Waals surface area contributed by atoms with Gasteiger partial charge in [-0.2, -0.15) is 0 Å². The Morgan fingerprint density at radius 1 is 0.909 bits per heavy atom. The number of methoxy groups -OCH3 is 2. The van der Waals surface area contributed by atoms with Gasteiger partial charge in [-0.25, -0.2) is 4.39 Å². The maximum Gasteiger partial charge on any atom is 0.123 e. The molecule has 0 aromatic heterocycles. The molecule has 22 heavy (non-hydrogen) atoms. The lowest BCUT2D eigenvalue weighted by Gasteiger charge is -2.21. The van der Waals surface area contributed by atoms with Crippen LogP contribution in [0, 0.1) is 11.7 Å². The molecule has 2 nitrogen and oxygen atoms in total. The van der Waals surface area contributed by atoms with Gasteiger partial charge < -0.3 is 9.47 Å². The van der Waals surface area contributed by atoms with E-state index in [0.717, 1.165) is 23.5 Å². The molecule has 2 rings (SSSR count). The topological polar surface area (TPSA) is 18.5 Å². The molecule has 0 heterocycles. The third-order valence-electron chi connectivity index (χ3n) is 4.22. The highest BCUT2D eigenvalue weighted by molar-refractivity contribution is 5.40. The fourth-order valence-corrected chi connectivity index (χ4v) is 2.59. The second-order valence-corrected chi connectivity index (χ2v) is 5.74. The number of hydrogen-bond donors (Lipinski definition) is 0. The first-order valence-corrected chi connectivity index (χ1v) is 7.51. The van der Waals surface area contributed by atoms with Crippen LogP contribution in [-0.4, -0.2) is 14.2 Å². The van der Waals surface area contributed by atoms with Crippen molar-refractivity contribution in [3.8, 4) is 11.5 Å². The van der Waals surface area contributed by atoms with Gasteiger partial charge in [0.2, 0.25) is 0 Å². The Hall–Kier alpha value is -2.03. The highest BCUT2D eigenvalue weighted by atomic mass is 19.1. The van der Waals surface area contributed by atoms with Gasteiger partial charge in [0, 0.05) is 6.07 Å². The van der Waals surface area contributed by atoms with Crippen molar-refractivity contribution in [1.82, 2.24) is 0 Å². The maximum atomic E-state index is 13.0. The van der Waals surface area contributed by atoms with Gasteiger partial charge >= 0.3 is 0 Å². The van der Waals surface area contributed by atoms with E-state index in [0.29, 0.717) is 11.8 Å². The van der Waals surface area contributed by atoms with Gasteiger partial charge in [-0.3, -0.25) is 0 Å². The lowest BCUT2D eigenvalue weighted by Crippen LogP contribution is -2.10. The fourth-order valence-electron chi connectivity index (χ4n) is 2.59. The molecule has 0 saturated heterocycles. The molecule has 0 N–H and O–H groups in total. The predicted octanol–water partition coefficient (Wildman–Crippen LogP) is 4.83. The lowest BCUT2D eigenvalue weighted by molar-refractivity contribution is 0.390. The van der Waals surface area contributed by atoms with Gasteiger partial charge in [0.1, 0.15) is 17.3 Å². The number of hydrogen-bond acceptors (Lipinski definition) is 2. The molecule has 3 heteroatoms. The second-order valence-electron chi connectivity index (χ2n) is 5.74.